The lowest BCUT2D eigenvalue weighted by Crippen LogP contribution is -2.14. The summed E-state index contributed by atoms with van der Waals surface area (Å²) >= 11 is 0. The Hall–Kier alpha value is -3.08. The Balaban J connectivity index is 2.03. The van der Waals surface area contributed by atoms with E-state index in [0.29, 0.717) is 17.8 Å². The number of nitrogens with one attached hydrogen (secondary N) is 1. The van der Waals surface area contributed by atoms with Gasteiger partial charge in [-0.25, -0.2) is 4.79 Å². The van der Waals surface area contributed by atoms with Crippen LogP contribution in [0.15, 0.2) is 48.5 Å². The van der Waals surface area contributed by atoms with Crippen LogP contribution in [-0.2, 0) is 11.3 Å². The van der Waals surface area contributed by atoms with Gasteiger partial charge in [0.1, 0.15) is 5.75 Å². The molecule has 0 fully saturated rings. The van der Waals surface area contributed by atoms with Crippen molar-refractivity contribution in [2.45, 2.75) is 13.5 Å². The zero-order chi connectivity index (χ0) is 17.8. The summed E-state index contributed by atoms with van der Waals surface area (Å²) < 4.78 is 10.3. The number of nitrogens with zero attached hydrogens (tertiary/aromatic N) is 1. The number of ether oxygens (including phenoxy) is 2. The number of para-hydroxylation sites is 3. The van der Waals surface area contributed by atoms with Crippen LogP contribution >= 0.6 is 0 Å². The molecule has 0 aliphatic heterocycles. The molecule has 0 aliphatic carbocycles. The normalized spacial score (nSPS) is 10.5. The molecule has 0 unspecified atom stereocenters. The van der Waals surface area contributed by atoms with E-state index in [0.717, 1.165) is 27.9 Å². The van der Waals surface area contributed by atoms with Gasteiger partial charge in [-0.3, -0.25) is 4.98 Å². The average molecular weight is 336 g/mol. The van der Waals surface area contributed by atoms with Crippen LogP contribution in [0.3, 0.4) is 0 Å². The molecule has 0 saturated carbocycles. The highest BCUT2D eigenvalue weighted by molar-refractivity contribution is 5.98. The molecule has 3 rings (SSSR count). The predicted molar refractivity (Wildman–Crippen MR) is 98.1 cm³/mol. The van der Waals surface area contributed by atoms with E-state index in [1.807, 2.05) is 55.5 Å². The van der Waals surface area contributed by atoms with Crippen LogP contribution < -0.4 is 10.1 Å². The van der Waals surface area contributed by atoms with Gasteiger partial charge < -0.3 is 14.8 Å². The van der Waals surface area contributed by atoms with Crippen LogP contribution in [-0.4, -0.2) is 25.2 Å². The van der Waals surface area contributed by atoms with Gasteiger partial charge in [0.2, 0.25) is 0 Å². The van der Waals surface area contributed by atoms with Crippen molar-refractivity contribution in [2.24, 2.45) is 0 Å². The third kappa shape index (κ3) is 3.26. The van der Waals surface area contributed by atoms with Crippen molar-refractivity contribution in [3.63, 3.8) is 0 Å². The summed E-state index contributed by atoms with van der Waals surface area (Å²) in [6.45, 7) is 2.30. The number of aryl methyl sites for hydroxylation is 1. The molecular formula is C20H20N2O3. The molecule has 5 heteroatoms. The number of methoxy groups -OCH3 is 2. The number of anilines is 1. The lowest BCUT2D eigenvalue weighted by atomic mass is 10.0. The molecule has 128 valence electrons. The standard InChI is InChI=1S/C20H20N2O3/c1-13-14-8-4-5-9-15(14)22-17(19(13)20(23)25-3)12-21-16-10-6-7-11-18(16)24-2/h4-11,21H,12H2,1-3H3. The largest absolute Gasteiger partial charge is 0.495 e. The third-order valence-electron chi connectivity index (χ3n) is 4.17. The summed E-state index contributed by atoms with van der Waals surface area (Å²) in [5.41, 5.74) is 3.71. The fraction of sp³-hybridized carbons (Fsp3) is 0.200. The number of hydrogen-bond donors (Lipinski definition) is 1. The smallest absolute Gasteiger partial charge is 0.340 e. The van der Waals surface area contributed by atoms with E-state index in [1.54, 1.807) is 7.11 Å². The van der Waals surface area contributed by atoms with E-state index in [1.165, 1.54) is 7.11 Å². The Morgan fingerprint density at radius 3 is 2.56 bits per heavy atom. The summed E-state index contributed by atoms with van der Waals surface area (Å²) in [5.74, 6) is 0.354. The van der Waals surface area contributed by atoms with Gasteiger partial charge in [-0.05, 0) is 30.7 Å². The number of aromatic nitrogens is 1. The molecule has 0 bridgehead atoms. The molecule has 0 saturated heterocycles. The van der Waals surface area contributed by atoms with E-state index in [4.69, 9.17) is 9.47 Å². The van der Waals surface area contributed by atoms with Crippen molar-refractivity contribution in [1.82, 2.24) is 4.98 Å². The van der Waals surface area contributed by atoms with Gasteiger partial charge in [0.25, 0.3) is 0 Å². The van der Waals surface area contributed by atoms with E-state index in [-0.39, 0.29) is 5.97 Å². The first-order valence-electron chi connectivity index (χ1n) is 7.99. The maximum absolute atomic E-state index is 12.3. The number of rotatable bonds is 5. The molecule has 3 aromatic rings. The molecule has 0 spiro atoms. The lowest BCUT2D eigenvalue weighted by molar-refractivity contribution is 0.0598. The van der Waals surface area contributed by atoms with Crippen LogP contribution in [0.4, 0.5) is 5.69 Å². The van der Waals surface area contributed by atoms with Crippen molar-refractivity contribution in [3.05, 3.63) is 65.4 Å². The van der Waals surface area contributed by atoms with Gasteiger partial charge in [0.15, 0.2) is 0 Å². The average Bonchev–Trinajstić information content (AvgIpc) is 2.66. The Morgan fingerprint density at radius 1 is 1.08 bits per heavy atom. The van der Waals surface area contributed by atoms with Gasteiger partial charge in [-0.1, -0.05) is 30.3 Å². The van der Waals surface area contributed by atoms with Crippen LogP contribution in [0.1, 0.15) is 21.6 Å². The maximum Gasteiger partial charge on any atom is 0.340 e. The first kappa shape index (κ1) is 16.8. The van der Waals surface area contributed by atoms with E-state index in [2.05, 4.69) is 10.3 Å². The highest BCUT2D eigenvalue weighted by Gasteiger charge is 2.19. The first-order valence-corrected chi connectivity index (χ1v) is 7.99. The topological polar surface area (TPSA) is 60.5 Å². The van der Waals surface area contributed by atoms with Gasteiger partial charge in [0.05, 0.1) is 43.2 Å². The zero-order valence-corrected chi connectivity index (χ0v) is 14.5. The molecule has 0 amide bonds. The third-order valence-corrected chi connectivity index (χ3v) is 4.17. The highest BCUT2D eigenvalue weighted by Crippen LogP contribution is 2.27. The van der Waals surface area contributed by atoms with Crippen LogP contribution in [0, 0.1) is 6.92 Å². The molecule has 0 aliphatic rings. The summed E-state index contributed by atoms with van der Waals surface area (Å²) in [7, 11) is 3.01. The maximum atomic E-state index is 12.3. The molecule has 5 nitrogen and oxygen atoms in total. The molecule has 1 aromatic heterocycles. The monoisotopic (exact) mass is 336 g/mol. The Bertz CT molecular complexity index is 922. The second kappa shape index (κ2) is 7.21. The number of pyridine rings is 1. The lowest BCUT2D eigenvalue weighted by Gasteiger charge is -2.15. The molecule has 0 radical (unpaired) electrons. The van der Waals surface area contributed by atoms with Crippen molar-refractivity contribution >= 4 is 22.6 Å². The van der Waals surface area contributed by atoms with E-state index < -0.39 is 0 Å². The van der Waals surface area contributed by atoms with Gasteiger partial charge in [0, 0.05) is 5.39 Å². The van der Waals surface area contributed by atoms with Crippen molar-refractivity contribution in [1.29, 1.82) is 0 Å². The molecule has 2 aromatic carbocycles. The Kier molecular flexibility index (Phi) is 4.84. The minimum atomic E-state index is -0.382. The summed E-state index contributed by atoms with van der Waals surface area (Å²) in [5, 5.41) is 4.24. The molecular weight excluding hydrogens is 316 g/mol. The molecule has 25 heavy (non-hydrogen) atoms. The van der Waals surface area contributed by atoms with Gasteiger partial charge >= 0.3 is 5.97 Å². The second-order valence-electron chi connectivity index (χ2n) is 5.62. The number of fused-ring (bicyclic) bond motifs is 1. The molecule has 1 N–H and O–H groups in total. The fourth-order valence-electron chi connectivity index (χ4n) is 2.91. The van der Waals surface area contributed by atoms with E-state index in [9.17, 15) is 4.79 Å². The van der Waals surface area contributed by atoms with Gasteiger partial charge in [-0.2, -0.15) is 0 Å². The van der Waals surface area contributed by atoms with Crippen molar-refractivity contribution in [3.8, 4) is 5.75 Å². The van der Waals surface area contributed by atoms with Gasteiger partial charge in [-0.15, -0.1) is 0 Å². The molecule has 0 atom stereocenters. The van der Waals surface area contributed by atoms with Crippen LogP contribution in [0.2, 0.25) is 0 Å². The Labute approximate surface area is 146 Å². The highest BCUT2D eigenvalue weighted by atomic mass is 16.5. The first-order chi connectivity index (χ1) is 12.2. The summed E-state index contributed by atoms with van der Waals surface area (Å²) in [6, 6.07) is 15.4. The second-order valence-corrected chi connectivity index (χ2v) is 5.62. The minimum Gasteiger partial charge on any atom is -0.495 e. The molecule has 1 heterocycles. The predicted octanol–water partition coefficient (Wildman–Crippen LogP) is 3.95. The zero-order valence-electron chi connectivity index (χ0n) is 14.5. The van der Waals surface area contributed by atoms with Crippen molar-refractivity contribution in [2.75, 3.05) is 19.5 Å². The number of carbonyl (C=O) groups excluding carboxylic acids is 1. The SMILES string of the molecule is COC(=O)c1c(CNc2ccccc2OC)nc2ccccc2c1C. The summed E-state index contributed by atoms with van der Waals surface area (Å²) in [4.78, 5) is 17.0. The number of hydrogen-bond acceptors (Lipinski definition) is 5. The minimum absolute atomic E-state index is 0.382. The van der Waals surface area contributed by atoms with E-state index >= 15 is 0 Å². The van der Waals surface area contributed by atoms with Crippen LogP contribution in [0.25, 0.3) is 10.9 Å². The van der Waals surface area contributed by atoms with Crippen molar-refractivity contribution < 1.29 is 14.3 Å². The summed E-state index contributed by atoms with van der Waals surface area (Å²) in [6.07, 6.45) is 0. The van der Waals surface area contributed by atoms with Crippen LogP contribution in [0.5, 0.6) is 5.75 Å². The quantitative estimate of drug-likeness (QED) is 0.715. The Morgan fingerprint density at radius 2 is 1.80 bits per heavy atom. The fourth-order valence-corrected chi connectivity index (χ4v) is 2.91. The number of benzene rings is 2. The number of esters is 1. The number of carbonyl (C=O) groups is 1.